The molecule has 23 heavy (non-hydrogen) atoms. The molecule has 3 rings (SSSR count). The van der Waals surface area contributed by atoms with E-state index in [1.165, 1.54) is 0 Å². The number of hydrogen-bond acceptors (Lipinski definition) is 6. The molecule has 0 bridgehead atoms. The third-order valence-corrected chi connectivity index (χ3v) is 4.48. The maximum Gasteiger partial charge on any atom is 0.220 e. The van der Waals surface area contributed by atoms with Crippen molar-refractivity contribution >= 4 is 22.3 Å². The zero-order chi connectivity index (χ0) is 16.4. The predicted octanol–water partition coefficient (Wildman–Crippen LogP) is 2.46. The highest BCUT2D eigenvalue weighted by Crippen LogP contribution is 2.32. The first-order chi connectivity index (χ1) is 11.1. The van der Waals surface area contributed by atoms with Crippen LogP contribution in [0.1, 0.15) is 17.7 Å². The Bertz CT molecular complexity index is 742. The molecule has 0 amide bonds. The molecular weight excluding hydrogens is 314 g/mol. The van der Waals surface area contributed by atoms with Crippen LogP contribution in [-0.2, 0) is 23.6 Å². The second kappa shape index (κ2) is 6.54. The average Bonchev–Trinajstić information content (AvgIpc) is 3.03. The highest BCUT2D eigenvalue weighted by molar-refractivity contribution is 7.84. The summed E-state index contributed by atoms with van der Waals surface area (Å²) < 4.78 is 22.3. The molecule has 6 nitrogen and oxygen atoms in total. The lowest BCUT2D eigenvalue weighted by Gasteiger charge is -2.13. The largest absolute Gasteiger partial charge is 0.497 e. The van der Waals surface area contributed by atoms with Gasteiger partial charge in [-0.25, -0.2) is 9.97 Å². The van der Waals surface area contributed by atoms with Gasteiger partial charge in [-0.2, -0.15) is 0 Å². The minimum atomic E-state index is -1.21. The number of hydrogen-bond donors (Lipinski definition) is 1. The third kappa shape index (κ3) is 3.29. The molecule has 0 aliphatic heterocycles. The number of anilines is 2. The Morgan fingerprint density at radius 1 is 1.09 bits per heavy atom. The Morgan fingerprint density at radius 2 is 1.78 bits per heavy atom. The maximum absolute atomic E-state index is 11.8. The van der Waals surface area contributed by atoms with Crippen molar-refractivity contribution in [1.29, 1.82) is 0 Å². The summed E-state index contributed by atoms with van der Waals surface area (Å²) in [4.78, 5) is 8.87. The van der Waals surface area contributed by atoms with Gasteiger partial charge in [-0.15, -0.1) is 0 Å². The summed E-state index contributed by atoms with van der Waals surface area (Å²) in [5, 5.41) is 3.67. The number of rotatable bonds is 5. The standard InChI is InChI=1S/C16H19N3O3S/c1-21-11-7-10(8-12(9-11)22-2)17-15-13-5-4-6-14(13)18-16(19-15)23(3)20/h7-9H,4-6H2,1-3H3,(H,17,18,19). The van der Waals surface area contributed by atoms with E-state index in [1.54, 1.807) is 20.5 Å². The molecule has 2 aromatic rings. The summed E-state index contributed by atoms with van der Waals surface area (Å²) in [5.74, 6) is 2.10. The summed E-state index contributed by atoms with van der Waals surface area (Å²) in [6.07, 6.45) is 4.46. The number of nitrogens with zero attached hydrogens (tertiary/aromatic N) is 2. The van der Waals surface area contributed by atoms with Gasteiger partial charge in [-0.1, -0.05) is 0 Å². The van der Waals surface area contributed by atoms with Gasteiger partial charge < -0.3 is 14.8 Å². The molecule has 0 fully saturated rings. The topological polar surface area (TPSA) is 73.3 Å². The highest BCUT2D eigenvalue weighted by atomic mass is 32.2. The van der Waals surface area contributed by atoms with Crippen molar-refractivity contribution in [3.63, 3.8) is 0 Å². The Hall–Kier alpha value is -2.15. The molecule has 1 aromatic carbocycles. The first-order valence-electron chi connectivity index (χ1n) is 7.34. The monoisotopic (exact) mass is 333 g/mol. The van der Waals surface area contributed by atoms with Gasteiger partial charge in [-0.3, -0.25) is 4.21 Å². The predicted molar refractivity (Wildman–Crippen MR) is 89.2 cm³/mol. The lowest BCUT2D eigenvalue weighted by atomic mass is 10.2. The van der Waals surface area contributed by atoms with Gasteiger partial charge in [0.15, 0.2) is 0 Å². The van der Waals surface area contributed by atoms with Crippen molar-refractivity contribution < 1.29 is 13.7 Å². The molecule has 1 aliphatic rings. The van der Waals surface area contributed by atoms with Gasteiger partial charge in [-0.05, 0) is 19.3 Å². The molecule has 1 heterocycles. The van der Waals surface area contributed by atoms with E-state index in [-0.39, 0.29) is 0 Å². The summed E-state index contributed by atoms with van der Waals surface area (Å²) in [7, 11) is 2.01. The number of aryl methyl sites for hydroxylation is 1. The van der Waals surface area contributed by atoms with Crippen LogP contribution in [-0.4, -0.2) is 34.7 Å². The lowest BCUT2D eigenvalue weighted by Crippen LogP contribution is -2.07. The first-order valence-corrected chi connectivity index (χ1v) is 8.90. The van der Waals surface area contributed by atoms with E-state index in [0.29, 0.717) is 22.5 Å². The molecule has 0 spiro atoms. The fourth-order valence-electron chi connectivity index (χ4n) is 2.66. The second-order valence-corrected chi connectivity index (χ2v) is 6.59. The van der Waals surface area contributed by atoms with Crippen molar-refractivity contribution in [2.75, 3.05) is 25.8 Å². The van der Waals surface area contributed by atoms with Crippen LogP contribution in [0.4, 0.5) is 11.5 Å². The number of methoxy groups -OCH3 is 2. The third-order valence-electron chi connectivity index (χ3n) is 3.78. The van der Waals surface area contributed by atoms with Crippen molar-refractivity contribution in [3.05, 3.63) is 29.5 Å². The molecule has 0 radical (unpaired) electrons. The molecule has 7 heteroatoms. The quantitative estimate of drug-likeness (QED) is 0.848. The van der Waals surface area contributed by atoms with Gasteiger partial charge in [0, 0.05) is 35.7 Å². The number of nitrogens with one attached hydrogen (secondary N) is 1. The second-order valence-electron chi connectivity index (χ2n) is 5.31. The van der Waals surface area contributed by atoms with E-state index < -0.39 is 10.8 Å². The molecule has 1 unspecified atom stereocenters. The molecule has 1 N–H and O–H groups in total. The molecule has 1 aliphatic carbocycles. The van der Waals surface area contributed by atoms with E-state index in [1.807, 2.05) is 18.2 Å². The van der Waals surface area contributed by atoms with E-state index >= 15 is 0 Å². The van der Waals surface area contributed by atoms with Gasteiger partial charge >= 0.3 is 0 Å². The van der Waals surface area contributed by atoms with Gasteiger partial charge in [0.25, 0.3) is 0 Å². The summed E-state index contributed by atoms with van der Waals surface area (Å²) in [6.45, 7) is 0. The minimum Gasteiger partial charge on any atom is -0.497 e. The number of aromatic nitrogens is 2. The van der Waals surface area contributed by atoms with Crippen molar-refractivity contribution in [3.8, 4) is 11.5 Å². The Balaban J connectivity index is 2.01. The molecule has 0 saturated heterocycles. The SMILES string of the molecule is COc1cc(Nc2nc(S(C)=O)nc3c2CCC3)cc(OC)c1. The zero-order valence-corrected chi connectivity index (χ0v) is 14.2. The fraction of sp³-hybridized carbons (Fsp3) is 0.375. The first kappa shape index (κ1) is 15.7. The number of benzene rings is 1. The van der Waals surface area contributed by atoms with Gasteiger partial charge in [0.1, 0.15) is 17.3 Å². The smallest absolute Gasteiger partial charge is 0.220 e. The van der Waals surface area contributed by atoms with Crippen LogP contribution in [0.15, 0.2) is 23.4 Å². The molecule has 1 aromatic heterocycles. The highest BCUT2D eigenvalue weighted by Gasteiger charge is 2.20. The minimum absolute atomic E-state index is 0.364. The zero-order valence-electron chi connectivity index (χ0n) is 13.4. The fourth-order valence-corrected chi connectivity index (χ4v) is 3.12. The summed E-state index contributed by atoms with van der Waals surface area (Å²) in [6, 6.07) is 5.55. The normalized spacial score (nSPS) is 14.2. The number of fused-ring (bicyclic) bond motifs is 1. The van der Waals surface area contributed by atoms with Crippen molar-refractivity contribution in [2.24, 2.45) is 0 Å². The van der Waals surface area contributed by atoms with E-state index in [4.69, 9.17) is 9.47 Å². The van der Waals surface area contributed by atoms with Crippen LogP contribution in [0.25, 0.3) is 0 Å². The van der Waals surface area contributed by atoms with Gasteiger partial charge in [0.05, 0.1) is 30.7 Å². The van der Waals surface area contributed by atoms with E-state index in [9.17, 15) is 4.21 Å². The van der Waals surface area contributed by atoms with Crippen LogP contribution in [0.5, 0.6) is 11.5 Å². The molecular formula is C16H19N3O3S. The molecule has 122 valence electrons. The molecule has 0 saturated carbocycles. The van der Waals surface area contributed by atoms with Crippen LogP contribution in [0.2, 0.25) is 0 Å². The van der Waals surface area contributed by atoms with Crippen LogP contribution >= 0.6 is 0 Å². The van der Waals surface area contributed by atoms with Crippen LogP contribution in [0, 0.1) is 0 Å². The lowest BCUT2D eigenvalue weighted by molar-refractivity contribution is 0.395. The van der Waals surface area contributed by atoms with Crippen LogP contribution in [0.3, 0.4) is 0 Å². The Labute approximate surface area is 137 Å². The van der Waals surface area contributed by atoms with Crippen molar-refractivity contribution in [2.45, 2.75) is 24.4 Å². The Kier molecular flexibility index (Phi) is 4.47. The summed E-state index contributed by atoms with van der Waals surface area (Å²) >= 11 is 0. The summed E-state index contributed by atoms with van der Waals surface area (Å²) in [5.41, 5.74) is 2.89. The number of ether oxygens (including phenoxy) is 2. The van der Waals surface area contributed by atoms with E-state index in [2.05, 4.69) is 15.3 Å². The van der Waals surface area contributed by atoms with E-state index in [0.717, 1.165) is 36.2 Å². The maximum atomic E-state index is 11.8. The average molecular weight is 333 g/mol. The molecule has 1 atom stereocenters. The van der Waals surface area contributed by atoms with Crippen LogP contribution < -0.4 is 14.8 Å². The van der Waals surface area contributed by atoms with Gasteiger partial charge in [0.2, 0.25) is 5.16 Å². The Morgan fingerprint density at radius 3 is 2.39 bits per heavy atom. The van der Waals surface area contributed by atoms with Crippen molar-refractivity contribution in [1.82, 2.24) is 9.97 Å².